The Morgan fingerprint density at radius 2 is 0.900 bits per heavy atom. The maximum Gasteiger partial charge on any atom is 1.00 e. The molecular weight excluding hydrogens is 308 g/mol. The molecule has 0 heterocycles. The molecule has 0 fully saturated rings. The average Bonchev–Trinajstić information content (AvgIpc) is 1.96. The van der Waals surface area contributed by atoms with Crippen LogP contribution in [0.25, 0.3) is 0 Å². The molecule has 0 bridgehead atoms. The molecule has 0 aromatic carbocycles. The number of rotatable bonds is 1. The molecule has 0 aliphatic carbocycles. The largest absolute Gasteiger partial charge is 1.00 e. The normalized spacial score (nSPS) is 8.45. The van der Waals surface area contributed by atoms with E-state index in [1.165, 1.54) is 13.8 Å². The first-order chi connectivity index (χ1) is 8.14. The van der Waals surface area contributed by atoms with Crippen molar-refractivity contribution in [1.29, 1.82) is 0 Å². The van der Waals surface area contributed by atoms with Gasteiger partial charge in [0, 0.05) is 0 Å². The van der Waals surface area contributed by atoms with Crippen molar-refractivity contribution in [2.24, 2.45) is 0 Å². The molecule has 0 aromatic heterocycles. The van der Waals surface area contributed by atoms with E-state index in [4.69, 9.17) is 34.7 Å². The number of hydrogen-bond donors (Lipinski definition) is 7. The van der Waals surface area contributed by atoms with E-state index in [0.717, 1.165) is 0 Å². The molecule has 17 heteroatoms. The second kappa shape index (κ2) is 19.3. The predicted octanol–water partition coefficient (Wildman–Crippen LogP) is -5.82. The zero-order valence-electron chi connectivity index (χ0n) is 11.8. The molecule has 0 aliphatic heterocycles. The van der Waals surface area contributed by atoms with E-state index in [0.29, 0.717) is 0 Å². The van der Waals surface area contributed by atoms with Gasteiger partial charge in [0.05, 0.1) is 5.25 Å². The van der Waals surface area contributed by atoms with Gasteiger partial charge in [0.15, 0.2) is 0 Å². The van der Waals surface area contributed by atoms with Crippen LogP contribution in [0.1, 0.15) is 15.3 Å². The van der Waals surface area contributed by atoms with Crippen LogP contribution < -0.4 is 18.9 Å². The Morgan fingerprint density at radius 3 is 0.900 bits per heavy atom. The Kier molecular flexibility index (Phi) is 31.1. The van der Waals surface area contributed by atoms with Crippen LogP contribution in [-0.2, 0) is 10.1 Å². The van der Waals surface area contributed by atoms with Gasteiger partial charge < -0.3 is 31.6 Å². The molecule has 20 heavy (non-hydrogen) atoms. The van der Waals surface area contributed by atoms with E-state index >= 15 is 0 Å². The molecule has 0 atom stereocenters. The van der Waals surface area contributed by atoms with Gasteiger partial charge in [0.1, 0.15) is 0 Å². The molecule has 0 aliphatic rings. The summed E-state index contributed by atoms with van der Waals surface area (Å²) in [6.45, 7) is 2.82. The van der Waals surface area contributed by atoms with Gasteiger partial charge >= 0.3 is 41.0 Å². The Hall–Kier alpha value is 0.252. The van der Waals surface area contributed by atoms with Crippen LogP contribution >= 0.6 is 0 Å². The molecule has 9 nitrogen and oxygen atoms in total. The summed E-state index contributed by atoms with van der Waals surface area (Å²) in [5, 5.41) is 41.0. The third kappa shape index (κ3) is 139. The zero-order valence-corrected chi connectivity index (χ0v) is 11.6. The topological polar surface area (TPSA) is 176 Å². The minimum atomic E-state index is -3.74. The standard InChI is InChI=1S/C3H8O3S.3BFH2O2.Li.H/c1-3(2)7(4,5)6;3*2-1(3)4;;/h3H,1-2H3,(H,4,5,6);3*3-4H;;/q;;;;+1;-1. The van der Waals surface area contributed by atoms with Crippen molar-refractivity contribution in [2.45, 2.75) is 19.1 Å². The van der Waals surface area contributed by atoms with E-state index in [-0.39, 0.29) is 20.3 Å². The summed E-state index contributed by atoms with van der Waals surface area (Å²) in [5.74, 6) is 0. The van der Waals surface area contributed by atoms with Crippen LogP contribution in [0.5, 0.6) is 0 Å². The van der Waals surface area contributed by atoms with Gasteiger partial charge in [0.2, 0.25) is 0 Å². The summed E-state index contributed by atoms with van der Waals surface area (Å²) in [7, 11) is -11.7. The third-order valence-corrected chi connectivity index (χ3v) is 1.79. The fraction of sp³-hybridized carbons (Fsp3) is 1.00. The van der Waals surface area contributed by atoms with Crippen molar-refractivity contribution >= 4 is 32.3 Å². The van der Waals surface area contributed by atoms with Gasteiger partial charge in [-0.25, -0.2) is 0 Å². The van der Waals surface area contributed by atoms with Gasteiger partial charge in [-0.1, -0.05) is 0 Å². The zero-order chi connectivity index (χ0) is 16.8. The second-order valence-electron chi connectivity index (χ2n) is 2.50. The molecule has 118 valence electrons. The summed E-state index contributed by atoms with van der Waals surface area (Å²) < 4.78 is 58.2. The van der Waals surface area contributed by atoms with Crippen LogP contribution in [0.4, 0.5) is 12.9 Å². The van der Waals surface area contributed by atoms with E-state index in [1.54, 1.807) is 0 Å². The van der Waals surface area contributed by atoms with Gasteiger partial charge in [-0.3, -0.25) is 17.5 Å². The van der Waals surface area contributed by atoms with Crippen LogP contribution in [0, 0.1) is 0 Å². The summed E-state index contributed by atoms with van der Waals surface area (Å²) in [5.41, 5.74) is 0. The summed E-state index contributed by atoms with van der Waals surface area (Å²) in [4.78, 5) is 0. The summed E-state index contributed by atoms with van der Waals surface area (Å²) in [6, 6.07) is 0. The molecule has 0 saturated carbocycles. The van der Waals surface area contributed by atoms with Crippen molar-refractivity contribution in [2.75, 3.05) is 0 Å². The van der Waals surface area contributed by atoms with E-state index in [2.05, 4.69) is 0 Å². The van der Waals surface area contributed by atoms with Crippen molar-refractivity contribution in [3.05, 3.63) is 0 Å². The first kappa shape index (κ1) is 32.3. The van der Waals surface area contributed by atoms with Gasteiger partial charge in [-0.05, 0) is 13.8 Å². The maximum absolute atomic E-state index is 10.1. The summed E-state index contributed by atoms with van der Waals surface area (Å²) >= 11 is 0. The number of halogens is 3. The average molecular weight is 324 g/mol. The van der Waals surface area contributed by atoms with Gasteiger partial charge in [-0.15, -0.1) is 0 Å². The monoisotopic (exact) mass is 324 g/mol. The predicted molar refractivity (Wildman–Crippen MR) is 61.7 cm³/mol. The molecule has 0 saturated heterocycles. The van der Waals surface area contributed by atoms with Crippen LogP contribution in [0.3, 0.4) is 0 Å². The first-order valence-corrected chi connectivity index (χ1v) is 5.61. The molecule has 0 spiro atoms. The Balaban J connectivity index is -0.0000000359. The minimum absolute atomic E-state index is 0. The molecule has 0 amide bonds. The first-order valence-electron chi connectivity index (χ1n) is 4.11. The molecule has 0 radical (unpaired) electrons. The van der Waals surface area contributed by atoms with Gasteiger partial charge in [-0.2, -0.15) is 8.42 Å². The maximum atomic E-state index is 10.1. The van der Waals surface area contributed by atoms with Crippen LogP contribution in [0.2, 0.25) is 0 Å². The minimum Gasteiger partial charge on any atom is -1.00 e. The fourth-order valence-corrected chi connectivity index (χ4v) is 0. The molecule has 0 rings (SSSR count). The fourth-order valence-electron chi connectivity index (χ4n) is 0. The molecule has 0 aromatic rings. The number of hydrogen-bond acceptors (Lipinski definition) is 8. The van der Waals surface area contributed by atoms with Gasteiger partial charge in [0.25, 0.3) is 10.1 Å². The molecular formula is C3H15B3F3LiO9S. The van der Waals surface area contributed by atoms with E-state index in [9.17, 15) is 21.4 Å². The smallest absolute Gasteiger partial charge is 1.00 e. The van der Waals surface area contributed by atoms with Crippen LogP contribution in [0.15, 0.2) is 0 Å². The van der Waals surface area contributed by atoms with Crippen LogP contribution in [-0.4, -0.2) is 70.6 Å². The van der Waals surface area contributed by atoms with Crippen molar-refractivity contribution in [3.63, 3.8) is 0 Å². The molecule has 7 N–H and O–H groups in total. The quantitative estimate of drug-likeness (QED) is 0.183. The Bertz CT molecular complexity index is 250. The van der Waals surface area contributed by atoms with E-state index < -0.39 is 37.6 Å². The van der Waals surface area contributed by atoms with Crippen molar-refractivity contribution < 1.29 is 76.3 Å². The Labute approximate surface area is 128 Å². The third-order valence-electron chi connectivity index (χ3n) is 0.596. The van der Waals surface area contributed by atoms with Crippen molar-refractivity contribution in [3.8, 4) is 0 Å². The second-order valence-corrected chi connectivity index (χ2v) is 4.47. The molecule has 0 unspecified atom stereocenters. The van der Waals surface area contributed by atoms with Crippen molar-refractivity contribution in [1.82, 2.24) is 0 Å². The Morgan fingerprint density at radius 1 is 0.850 bits per heavy atom. The van der Waals surface area contributed by atoms with E-state index in [1.807, 2.05) is 0 Å². The SMILES string of the molecule is CC(C)S(=O)(=O)O.OB(O)F.OB(O)F.OB(O)F.[H-].[Li+]. The summed E-state index contributed by atoms with van der Waals surface area (Å²) in [6.07, 6.45) is 0.